The highest BCUT2D eigenvalue weighted by Crippen LogP contribution is 2.21. The lowest BCUT2D eigenvalue weighted by Crippen LogP contribution is -2.34. The van der Waals surface area contributed by atoms with Gasteiger partial charge in [0.25, 0.3) is 5.91 Å². The molecule has 0 spiro atoms. The fourth-order valence-corrected chi connectivity index (χ4v) is 3.18. The number of ether oxygens (including phenoxy) is 1. The van der Waals surface area contributed by atoms with Crippen LogP contribution >= 0.6 is 0 Å². The van der Waals surface area contributed by atoms with Crippen LogP contribution in [0, 0.1) is 0 Å². The van der Waals surface area contributed by atoms with Crippen LogP contribution in [0.1, 0.15) is 22.0 Å². The molecule has 0 heterocycles. The van der Waals surface area contributed by atoms with Crippen LogP contribution in [0.3, 0.4) is 0 Å². The average molecular weight is 391 g/mol. The summed E-state index contributed by atoms with van der Waals surface area (Å²) in [6.07, 6.45) is 1.08. The van der Waals surface area contributed by atoms with Gasteiger partial charge in [-0.25, -0.2) is 8.42 Å². The molecule has 0 radical (unpaired) electrons. The number of carbonyl (C=O) groups is 1. The number of carbonyl (C=O) groups excluding carboxylic acids is 1. The van der Waals surface area contributed by atoms with Crippen molar-refractivity contribution in [1.82, 2.24) is 10.2 Å². The van der Waals surface area contributed by atoms with Gasteiger partial charge in [0.15, 0.2) is 0 Å². The molecule has 0 aromatic heterocycles. The number of nitrogens with one attached hydrogen (secondary N) is 2. The van der Waals surface area contributed by atoms with Gasteiger partial charge >= 0.3 is 0 Å². The Hall–Kier alpha value is -2.58. The number of sulfonamides is 1. The van der Waals surface area contributed by atoms with E-state index in [0.29, 0.717) is 17.8 Å². The molecular formula is C19H25N3O4S. The molecule has 8 heteroatoms. The van der Waals surface area contributed by atoms with E-state index >= 15 is 0 Å². The summed E-state index contributed by atoms with van der Waals surface area (Å²) in [5, 5.41) is 2.92. The van der Waals surface area contributed by atoms with Crippen LogP contribution in [0.5, 0.6) is 5.75 Å². The molecule has 1 amide bonds. The number of benzene rings is 2. The number of rotatable bonds is 8. The van der Waals surface area contributed by atoms with Crippen molar-refractivity contribution < 1.29 is 17.9 Å². The Labute approximate surface area is 160 Å². The number of hydrogen-bond donors (Lipinski definition) is 2. The number of methoxy groups -OCH3 is 1. The molecular weight excluding hydrogens is 366 g/mol. The van der Waals surface area contributed by atoms with Gasteiger partial charge in [0.2, 0.25) is 10.0 Å². The van der Waals surface area contributed by atoms with Crippen LogP contribution in [0.2, 0.25) is 0 Å². The smallest absolute Gasteiger partial charge is 0.251 e. The van der Waals surface area contributed by atoms with Crippen molar-refractivity contribution in [2.24, 2.45) is 0 Å². The number of nitrogens with zero attached hydrogens (tertiary/aromatic N) is 1. The summed E-state index contributed by atoms with van der Waals surface area (Å²) in [6, 6.07) is 14.0. The highest BCUT2D eigenvalue weighted by molar-refractivity contribution is 7.92. The second kappa shape index (κ2) is 8.88. The molecule has 0 aliphatic rings. The summed E-state index contributed by atoms with van der Waals surface area (Å²) in [6.45, 7) is 0.432. The van der Waals surface area contributed by atoms with Gasteiger partial charge in [0.1, 0.15) is 5.75 Å². The predicted molar refractivity (Wildman–Crippen MR) is 107 cm³/mol. The Morgan fingerprint density at radius 1 is 1.07 bits per heavy atom. The third-order valence-corrected chi connectivity index (χ3v) is 4.64. The van der Waals surface area contributed by atoms with Crippen LogP contribution in [-0.2, 0) is 10.0 Å². The number of anilines is 1. The third kappa shape index (κ3) is 6.26. The van der Waals surface area contributed by atoms with Crippen molar-refractivity contribution in [2.75, 3.05) is 38.7 Å². The van der Waals surface area contributed by atoms with Gasteiger partial charge in [0.05, 0.1) is 19.4 Å². The molecule has 1 unspecified atom stereocenters. The summed E-state index contributed by atoms with van der Waals surface area (Å²) in [5.74, 6) is 0.560. The van der Waals surface area contributed by atoms with Crippen LogP contribution in [0.4, 0.5) is 5.69 Å². The highest BCUT2D eigenvalue weighted by atomic mass is 32.2. The van der Waals surface area contributed by atoms with Crippen molar-refractivity contribution >= 4 is 21.6 Å². The lowest BCUT2D eigenvalue weighted by atomic mass is 10.1. The third-order valence-electron chi connectivity index (χ3n) is 4.03. The zero-order valence-corrected chi connectivity index (χ0v) is 16.7. The maximum absolute atomic E-state index is 12.4. The summed E-state index contributed by atoms with van der Waals surface area (Å²) < 4.78 is 30.0. The van der Waals surface area contributed by atoms with E-state index in [0.717, 1.165) is 17.6 Å². The normalized spacial score (nSPS) is 12.5. The Morgan fingerprint density at radius 3 is 2.15 bits per heavy atom. The zero-order chi connectivity index (χ0) is 20.0. The van der Waals surface area contributed by atoms with E-state index < -0.39 is 10.0 Å². The van der Waals surface area contributed by atoms with Crippen LogP contribution in [-0.4, -0.2) is 53.2 Å². The maximum atomic E-state index is 12.4. The zero-order valence-electron chi connectivity index (χ0n) is 15.9. The first-order chi connectivity index (χ1) is 12.7. The fraction of sp³-hybridized carbons (Fsp3) is 0.316. The van der Waals surface area contributed by atoms with Gasteiger partial charge in [-0.05, 0) is 56.1 Å². The van der Waals surface area contributed by atoms with Gasteiger partial charge < -0.3 is 15.0 Å². The van der Waals surface area contributed by atoms with Gasteiger partial charge in [-0.3, -0.25) is 9.52 Å². The van der Waals surface area contributed by atoms with Crippen LogP contribution in [0.15, 0.2) is 48.5 Å². The van der Waals surface area contributed by atoms with Gasteiger partial charge in [0, 0.05) is 17.8 Å². The van der Waals surface area contributed by atoms with E-state index in [1.807, 2.05) is 43.3 Å². The van der Waals surface area contributed by atoms with E-state index in [-0.39, 0.29) is 11.9 Å². The molecule has 2 aromatic carbocycles. The number of hydrogen-bond acceptors (Lipinski definition) is 5. The van der Waals surface area contributed by atoms with E-state index in [1.54, 1.807) is 31.4 Å². The van der Waals surface area contributed by atoms with E-state index in [2.05, 4.69) is 10.0 Å². The lowest BCUT2D eigenvalue weighted by molar-refractivity contribution is 0.0942. The minimum atomic E-state index is -3.34. The average Bonchev–Trinajstić information content (AvgIpc) is 2.61. The molecule has 0 aliphatic carbocycles. The van der Waals surface area contributed by atoms with Crippen molar-refractivity contribution in [2.45, 2.75) is 6.04 Å². The summed E-state index contributed by atoms with van der Waals surface area (Å²) in [5.41, 5.74) is 1.94. The highest BCUT2D eigenvalue weighted by Gasteiger charge is 2.16. The Morgan fingerprint density at radius 2 is 1.67 bits per heavy atom. The first-order valence-electron chi connectivity index (χ1n) is 8.36. The first kappa shape index (κ1) is 20.7. The molecule has 7 nitrogen and oxygen atoms in total. The Bertz CT molecular complexity index is 863. The second-order valence-electron chi connectivity index (χ2n) is 6.41. The molecule has 0 fully saturated rings. The molecule has 27 heavy (non-hydrogen) atoms. The summed E-state index contributed by atoms with van der Waals surface area (Å²) in [7, 11) is 2.18. The quantitative estimate of drug-likeness (QED) is 0.720. The minimum Gasteiger partial charge on any atom is -0.497 e. The first-order valence-corrected chi connectivity index (χ1v) is 10.2. The van der Waals surface area contributed by atoms with Gasteiger partial charge in [-0.2, -0.15) is 0 Å². The summed E-state index contributed by atoms with van der Waals surface area (Å²) >= 11 is 0. The molecule has 2 N–H and O–H groups in total. The standard InChI is InChI=1S/C19H25N3O4S/c1-22(2)18(14-7-11-17(26-3)12-8-14)13-20-19(23)15-5-9-16(10-6-15)21-27(4,24)25/h5-12,18,21H,13H2,1-4H3,(H,20,23). The Kier molecular flexibility index (Phi) is 6.81. The monoisotopic (exact) mass is 391 g/mol. The molecule has 0 bridgehead atoms. The maximum Gasteiger partial charge on any atom is 0.251 e. The predicted octanol–water partition coefficient (Wildman–Crippen LogP) is 2.10. The number of amides is 1. The molecule has 0 aliphatic heterocycles. The van der Waals surface area contributed by atoms with Crippen LogP contribution < -0.4 is 14.8 Å². The molecule has 1 atom stereocenters. The van der Waals surface area contributed by atoms with E-state index in [9.17, 15) is 13.2 Å². The topological polar surface area (TPSA) is 87.7 Å². The van der Waals surface area contributed by atoms with Crippen molar-refractivity contribution in [3.05, 3.63) is 59.7 Å². The van der Waals surface area contributed by atoms with Crippen LogP contribution in [0.25, 0.3) is 0 Å². The van der Waals surface area contributed by atoms with Gasteiger partial charge in [-0.1, -0.05) is 12.1 Å². The SMILES string of the molecule is COc1ccc(C(CNC(=O)c2ccc(NS(C)(=O)=O)cc2)N(C)C)cc1. The summed E-state index contributed by atoms with van der Waals surface area (Å²) in [4.78, 5) is 14.4. The second-order valence-corrected chi connectivity index (χ2v) is 8.16. The van der Waals surface area contributed by atoms with Gasteiger partial charge in [-0.15, -0.1) is 0 Å². The largest absolute Gasteiger partial charge is 0.497 e. The molecule has 2 rings (SSSR count). The minimum absolute atomic E-state index is 0.00558. The van der Waals surface area contributed by atoms with Crippen molar-refractivity contribution in [1.29, 1.82) is 0 Å². The van der Waals surface area contributed by atoms with Crippen molar-refractivity contribution in [3.8, 4) is 5.75 Å². The van der Waals surface area contributed by atoms with Crippen molar-refractivity contribution in [3.63, 3.8) is 0 Å². The Balaban J connectivity index is 2.02. The lowest BCUT2D eigenvalue weighted by Gasteiger charge is -2.25. The molecule has 2 aromatic rings. The molecule has 146 valence electrons. The van der Waals surface area contributed by atoms with E-state index in [1.165, 1.54) is 0 Å². The molecule has 0 saturated carbocycles. The fourth-order valence-electron chi connectivity index (χ4n) is 2.62. The van der Waals surface area contributed by atoms with E-state index in [4.69, 9.17) is 4.74 Å². The molecule has 0 saturated heterocycles. The number of likely N-dealkylation sites (N-methyl/N-ethyl adjacent to an activating group) is 1.